The highest BCUT2D eigenvalue weighted by Gasteiger charge is 2.26. The number of carbonyl (C=O) groups is 1. The summed E-state index contributed by atoms with van der Waals surface area (Å²) in [6, 6.07) is 17.1. The molecule has 2 aromatic rings. The Labute approximate surface area is 161 Å². The van der Waals surface area contributed by atoms with Gasteiger partial charge in [-0.3, -0.25) is 9.10 Å². The van der Waals surface area contributed by atoms with Crippen LogP contribution in [0.5, 0.6) is 0 Å². The average Bonchev–Trinajstić information content (AvgIpc) is 2.67. The molecule has 0 saturated carbocycles. The van der Waals surface area contributed by atoms with E-state index in [4.69, 9.17) is 0 Å². The molecule has 1 saturated heterocycles. The molecular weight excluding hydrogens is 360 g/mol. The minimum atomic E-state index is -3.23. The third-order valence-corrected chi connectivity index (χ3v) is 6.72. The van der Waals surface area contributed by atoms with Gasteiger partial charge in [0.15, 0.2) is 0 Å². The Hall–Kier alpha value is -2.34. The number of hydrogen-bond donors (Lipinski definition) is 1. The molecule has 1 unspecified atom stereocenters. The van der Waals surface area contributed by atoms with Gasteiger partial charge in [-0.2, -0.15) is 0 Å². The lowest BCUT2D eigenvalue weighted by molar-refractivity contribution is 0.0938. The van der Waals surface area contributed by atoms with Crippen LogP contribution in [0, 0.1) is 0 Å². The molecule has 1 amide bonds. The van der Waals surface area contributed by atoms with E-state index in [2.05, 4.69) is 17.4 Å². The number of nitrogens with one attached hydrogen (secondary N) is 1. The van der Waals surface area contributed by atoms with Crippen molar-refractivity contribution >= 4 is 21.6 Å². The van der Waals surface area contributed by atoms with E-state index in [1.54, 1.807) is 24.3 Å². The molecule has 2 aromatic carbocycles. The minimum Gasteiger partial charge on any atom is -0.350 e. The predicted molar refractivity (Wildman–Crippen MR) is 109 cm³/mol. The van der Waals surface area contributed by atoms with E-state index in [9.17, 15) is 13.2 Å². The summed E-state index contributed by atoms with van der Waals surface area (Å²) in [6.45, 7) is 2.50. The van der Waals surface area contributed by atoms with Crippen LogP contribution in [0.4, 0.5) is 5.69 Å². The van der Waals surface area contributed by atoms with Gasteiger partial charge in [-0.05, 0) is 62.4 Å². The number of hydrogen-bond acceptors (Lipinski definition) is 3. The zero-order valence-electron chi connectivity index (χ0n) is 15.6. The predicted octanol–water partition coefficient (Wildman–Crippen LogP) is 3.37. The quantitative estimate of drug-likeness (QED) is 0.828. The fourth-order valence-electron chi connectivity index (χ4n) is 3.27. The lowest BCUT2D eigenvalue weighted by Crippen LogP contribution is -2.38. The van der Waals surface area contributed by atoms with E-state index in [1.165, 1.54) is 9.87 Å². The van der Waals surface area contributed by atoms with Crippen LogP contribution in [0.1, 0.15) is 42.1 Å². The van der Waals surface area contributed by atoms with Gasteiger partial charge in [0.2, 0.25) is 10.0 Å². The number of aryl methyl sites for hydroxylation is 1. The number of sulfonamides is 1. The number of rotatable bonds is 6. The minimum absolute atomic E-state index is 0.0554. The van der Waals surface area contributed by atoms with Crippen molar-refractivity contribution in [1.29, 1.82) is 0 Å². The number of anilines is 1. The molecule has 27 heavy (non-hydrogen) atoms. The second-order valence-electron chi connectivity index (χ2n) is 7.04. The summed E-state index contributed by atoms with van der Waals surface area (Å²) in [4.78, 5) is 12.4. The highest BCUT2D eigenvalue weighted by molar-refractivity contribution is 7.92. The van der Waals surface area contributed by atoms with Crippen molar-refractivity contribution in [2.45, 2.75) is 38.6 Å². The number of carbonyl (C=O) groups excluding carboxylic acids is 1. The Kier molecular flexibility index (Phi) is 6.16. The molecule has 0 aromatic heterocycles. The Morgan fingerprint density at radius 3 is 2.44 bits per heavy atom. The highest BCUT2D eigenvalue weighted by atomic mass is 32.2. The van der Waals surface area contributed by atoms with Crippen molar-refractivity contribution in [3.8, 4) is 0 Å². The summed E-state index contributed by atoms with van der Waals surface area (Å²) in [5, 5.41) is 3.01. The summed E-state index contributed by atoms with van der Waals surface area (Å²) >= 11 is 0. The molecule has 0 aliphatic carbocycles. The van der Waals surface area contributed by atoms with Gasteiger partial charge in [0, 0.05) is 18.2 Å². The van der Waals surface area contributed by atoms with Crippen molar-refractivity contribution in [3.05, 3.63) is 65.7 Å². The second kappa shape index (κ2) is 8.57. The smallest absolute Gasteiger partial charge is 0.251 e. The van der Waals surface area contributed by atoms with Crippen molar-refractivity contribution in [3.63, 3.8) is 0 Å². The summed E-state index contributed by atoms with van der Waals surface area (Å²) in [7, 11) is -3.23. The standard InChI is InChI=1S/C21H26N2O3S/c1-17(9-10-18-7-3-2-4-8-18)22-21(24)19-11-13-20(14-12-19)23-15-5-6-16-27(23,25)26/h2-4,7-8,11-14,17H,5-6,9-10,15-16H2,1H3,(H,22,24). The summed E-state index contributed by atoms with van der Waals surface area (Å²) in [5.74, 6) is 0.0531. The van der Waals surface area contributed by atoms with E-state index < -0.39 is 10.0 Å². The van der Waals surface area contributed by atoms with Crippen LogP contribution in [-0.2, 0) is 16.4 Å². The third kappa shape index (κ3) is 5.10. The van der Waals surface area contributed by atoms with E-state index in [1.807, 2.05) is 25.1 Å². The van der Waals surface area contributed by atoms with Crippen LogP contribution in [0.3, 0.4) is 0 Å². The zero-order valence-corrected chi connectivity index (χ0v) is 16.4. The van der Waals surface area contributed by atoms with Gasteiger partial charge in [-0.15, -0.1) is 0 Å². The van der Waals surface area contributed by atoms with Crippen LogP contribution >= 0.6 is 0 Å². The SMILES string of the molecule is CC(CCc1ccccc1)NC(=O)c1ccc(N2CCCCS2(=O)=O)cc1. The third-order valence-electron chi connectivity index (χ3n) is 4.85. The Balaban J connectivity index is 1.57. The largest absolute Gasteiger partial charge is 0.350 e. The summed E-state index contributed by atoms with van der Waals surface area (Å²) < 4.78 is 25.8. The lowest BCUT2D eigenvalue weighted by atomic mass is 10.1. The van der Waals surface area contributed by atoms with Crippen LogP contribution in [0.25, 0.3) is 0 Å². The first-order valence-corrected chi connectivity index (χ1v) is 11.0. The molecule has 1 aliphatic rings. The molecule has 1 fully saturated rings. The van der Waals surface area contributed by atoms with Gasteiger partial charge in [0.25, 0.3) is 5.91 Å². The molecule has 0 spiro atoms. The molecule has 5 nitrogen and oxygen atoms in total. The van der Waals surface area contributed by atoms with Crippen molar-refractivity contribution in [2.75, 3.05) is 16.6 Å². The van der Waals surface area contributed by atoms with Gasteiger partial charge in [0.05, 0.1) is 11.4 Å². The van der Waals surface area contributed by atoms with E-state index >= 15 is 0 Å². The highest BCUT2D eigenvalue weighted by Crippen LogP contribution is 2.23. The van der Waals surface area contributed by atoms with Crippen LogP contribution in [0.2, 0.25) is 0 Å². The van der Waals surface area contributed by atoms with E-state index in [-0.39, 0.29) is 17.7 Å². The van der Waals surface area contributed by atoms with Gasteiger partial charge in [-0.25, -0.2) is 8.42 Å². The van der Waals surface area contributed by atoms with Crippen LogP contribution < -0.4 is 9.62 Å². The maximum atomic E-state index is 12.4. The lowest BCUT2D eigenvalue weighted by Gasteiger charge is -2.28. The Morgan fingerprint density at radius 1 is 1.07 bits per heavy atom. The molecule has 3 rings (SSSR count). The number of benzene rings is 2. The molecule has 0 bridgehead atoms. The first kappa shape index (κ1) is 19.4. The van der Waals surface area contributed by atoms with Gasteiger partial charge in [0.1, 0.15) is 0 Å². The van der Waals surface area contributed by atoms with Crippen molar-refractivity contribution in [2.24, 2.45) is 0 Å². The van der Waals surface area contributed by atoms with Gasteiger partial charge >= 0.3 is 0 Å². The normalized spacial score (nSPS) is 17.3. The van der Waals surface area contributed by atoms with Crippen molar-refractivity contribution in [1.82, 2.24) is 5.32 Å². The fourth-order valence-corrected chi connectivity index (χ4v) is 4.90. The fraction of sp³-hybridized carbons (Fsp3) is 0.381. The molecule has 1 atom stereocenters. The van der Waals surface area contributed by atoms with E-state index in [0.717, 1.165) is 19.3 Å². The Morgan fingerprint density at radius 2 is 1.78 bits per heavy atom. The topological polar surface area (TPSA) is 66.5 Å². The molecule has 144 valence electrons. The monoisotopic (exact) mass is 386 g/mol. The molecule has 6 heteroatoms. The summed E-state index contributed by atoms with van der Waals surface area (Å²) in [6.07, 6.45) is 3.34. The maximum absolute atomic E-state index is 12.4. The molecule has 1 aliphatic heterocycles. The zero-order chi connectivity index (χ0) is 19.3. The van der Waals surface area contributed by atoms with E-state index in [0.29, 0.717) is 24.2 Å². The average molecular weight is 387 g/mol. The van der Waals surface area contributed by atoms with Crippen LogP contribution in [-0.4, -0.2) is 32.7 Å². The molecular formula is C21H26N2O3S. The van der Waals surface area contributed by atoms with Gasteiger partial charge in [-0.1, -0.05) is 30.3 Å². The first-order valence-electron chi connectivity index (χ1n) is 9.41. The molecule has 1 heterocycles. The van der Waals surface area contributed by atoms with Crippen molar-refractivity contribution < 1.29 is 13.2 Å². The molecule has 1 N–H and O–H groups in total. The van der Waals surface area contributed by atoms with Crippen LogP contribution in [0.15, 0.2) is 54.6 Å². The first-order chi connectivity index (χ1) is 13.0. The van der Waals surface area contributed by atoms with Gasteiger partial charge < -0.3 is 5.32 Å². The number of nitrogens with zero attached hydrogens (tertiary/aromatic N) is 1. The molecule has 0 radical (unpaired) electrons. The maximum Gasteiger partial charge on any atom is 0.251 e. The Bertz CT molecular complexity index is 864. The summed E-state index contributed by atoms with van der Waals surface area (Å²) in [5.41, 5.74) is 2.42. The number of amides is 1. The second-order valence-corrected chi connectivity index (χ2v) is 9.05.